The van der Waals surface area contributed by atoms with Crippen LogP contribution in [0.5, 0.6) is 0 Å². The van der Waals surface area contributed by atoms with E-state index in [-0.39, 0.29) is 26.2 Å². The Morgan fingerprint density at radius 2 is 2.00 bits per heavy atom. The molecule has 0 rings (SSSR count). The van der Waals surface area contributed by atoms with Gasteiger partial charge in [0, 0.05) is 0 Å². The van der Waals surface area contributed by atoms with Crippen molar-refractivity contribution in [2.75, 3.05) is 6.61 Å². The third-order valence-electron chi connectivity index (χ3n) is 0.458. The maximum atomic E-state index is 9.52. The molecular formula is C3H9BiO4. The summed E-state index contributed by atoms with van der Waals surface area (Å²) in [4.78, 5) is 9.52. The summed E-state index contributed by atoms with van der Waals surface area (Å²) < 4.78 is 0. The molecule has 0 aromatic carbocycles. The predicted molar refractivity (Wildman–Crippen MR) is 30.7 cm³/mol. The van der Waals surface area contributed by atoms with Crippen molar-refractivity contribution in [3.05, 3.63) is 0 Å². The third kappa shape index (κ3) is 4.43. The fourth-order valence-corrected chi connectivity index (χ4v) is 0.0781. The number of carbonyl (C=O) groups is 1. The second kappa shape index (κ2) is 5.41. The zero-order valence-electron chi connectivity index (χ0n) is 4.24. The molecule has 4 nitrogen and oxygen atoms in total. The van der Waals surface area contributed by atoms with Crippen LogP contribution in [0.3, 0.4) is 0 Å². The average Bonchev–Trinajstić information content (AvgIpc) is 1.65. The van der Waals surface area contributed by atoms with E-state index in [1.54, 1.807) is 0 Å². The molecule has 50 valence electrons. The van der Waals surface area contributed by atoms with Gasteiger partial charge in [-0.05, 0) is 0 Å². The Kier molecular flexibility index (Phi) is 7.52. The normalized spacial score (nSPS) is 11.8. The quantitative estimate of drug-likeness (QED) is 0.482. The summed E-state index contributed by atoms with van der Waals surface area (Å²) in [6.07, 6.45) is -1.63. The van der Waals surface area contributed by atoms with E-state index in [9.17, 15) is 4.79 Å². The first-order valence-corrected chi connectivity index (χ1v) is 1.70. The van der Waals surface area contributed by atoms with E-state index >= 15 is 0 Å². The van der Waals surface area contributed by atoms with Gasteiger partial charge in [0.1, 0.15) is 0 Å². The molecule has 0 heterocycles. The zero-order valence-corrected chi connectivity index (χ0v) is 9.74. The van der Waals surface area contributed by atoms with Crippen molar-refractivity contribution in [2.45, 2.75) is 6.10 Å². The average molecular weight is 318 g/mol. The van der Waals surface area contributed by atoms with Gasteiger partial charge in [-0.1, -0.05) is 0 Å². The number of carboxylic acid groups (broad SMARTS) is 1. The van der Waals surface area contributed by atoms with E-state index in [0.29, 0.717) is 0 Å². The molecule has 0 amide bonds. The number of aliphatic carboxylic acids is 1. The molecule has 0 spiro atoms. The molecule has 0 saturated heterocycles. The molecule has 0 aromatic rings. The number of aliphatic hydroxyl groups is 2. The van der Waals surface area contributed by atoms with Crippen molar-refractivity contribution in [3.63, 3.8) is 0 Å². The standard InChI is InChI=1S/C3H6O4.Bi.3H/c4-1-2(5)3(6)7;;;;/h2,4-5H,1H2,(H,6,7);;;;. The summed E-state index contributed by atoms with van der Waals surface area (Å²) in [5.74, 6) is -1.40. The summed E-state index contributed by atoms with van der Waals surface area (Å²) >= 11 is 0. The van der Waals surface area contributed by atoms with Gasteiger partial charge in [0.25, 0.3) is 0 Å². The molecule has 8 heavy (non-hydrogen) atoms. The van der Waals surface area contributed by atoms with Crippen molar-refractivity contribution in [2.24, 2.45) is 0 Å². The number of rotatable bonds is 2. The van der Waals surface area contributed by atoms with Crippen LogP contribution in [0.25, 0.3) is 0 Å². The van der Waals surface area contributed by atoms with Crippen molar-refractivity contribution in [1.82, 2.24) is 0 Å². The summed E-state index contributed by atoms with van der Waals surface area (Å²) in [6.45, 7) is -0.727. The fraction of sp³-hybridized carbons (Fsp3) is 0.667. The van der Waals surface area contributed by atoms with Crippen molar-refractivity contribution >= 4 is 32.2 Å². The Morgan fingerprint density at radius 3 is 2.00 bits per heavy atom. The maximum absolute atomic E-state index is 9.52. The van der Waals surface area contributed by atoms with Gasteiger partial charge in [0.05, 0.1) is 6.61 Å². The monoisotopic (exact) mass is 318 g/mol. The van der Waals surface area contributed by atoms with Crippen LogP contribution >= 0.6 is 0 Å². The van der Waals surface area contributed by atoms with E-state index in [2.05, 4.69) is 0 Å². The third-order valence-corrected chi connectivity index (χ3v) is 0.458. The molecule has 0 saturated carbocycles. The van der Waals surface area contributed by atoms with Crippen LogP contribution in [0.15, 0.2) is 0 Å². The van der Waals surface area contributed by atoms with Gasteiger partial charge in [-0.3, -0.25) is 0 Å². The summed E-state index contributed by atoms with van der Waals surface area (Å²) in [7, 11) is 0. The summed E-state index contributed by atoms with van der Waals surface area (Å²) in [5, 5.41) is 23.7. The molecule has 5 heteroatoms. The number of aliphatic hydroxyl groups excluding tert-OH is 2. The Balaban J connectivity index is 0. The number of hydrogen-bond donors (Lipinski definition) is 3. The van der Waals surface area contributed by atoms with E-state index < -0.39 is 18.7 Å². The van der Waals surface area contributed by atoms with E-state index in [0.717, 1.165) is 0 Å². The van der Waals surface area contributed by atoms with Gasteiger partial charge in [-0.2, -0.15) is 0 Å². The summed E-state index contributed by atoms with van der Waals surface area (Å²) in [5.41, 5.74) is 0. The molecule has 1 unspecified atom stereocenters. The molecular weight excluding hydrogens is 309 g/mol. The Labute approximate surface area is 65.3 Å². The first-order chi connectivity index (χ1) is 3.18. The Bertz CT molecular complexity index is 73.7. The number of hydrogen-bond acceptors (Lipinski definition) is 3. The van der Waals surface area contributed by atoms with Crippen LogP contribution in [-0.4, -0.2) is 60.2 Å². The van der Waals surface area contributed by atoms with Crippen molar-refractivity contribution in [3.8, 4) is 0 Å². The molecule has 1 atom stereocenters. The second-order valence-corrected chi connectivity index (χ2v) is 1.04. The topological polar surface area (TPSA) is 77.8 Å². The van der Waals surface area contributed by atoms with Gasteiger partial charge < -0.3 is 15.3 Å². The predicted octanol–water partition coefficient (Wildman–Crippen LogP) is -2.76. The molecule has 0 aliphatic rings. The Hall–Kier alpha value is 0.273. The van der Waals surface area contributed by atoms with Gasteiger partial charge in [-0.15, -0.1) is 0 Å². The first kappa shape index (κ1) is 11.1. The molecule has 0 bridgehead atoms. The Morgan fingerprint density at radius 1 is 1.62 bits per heavy atom. The van der Waals surface area contributed by atoms with Crippen LogP contribution in [0.4, 0.5) is 0 Å². The van der Waals surface area contributed by atoms with Crippen LogP contribution in [0.2, 0.25) is 0 Å². The minimum atomic E-state index is -1.63. The van der Waals surface area contributed by atoms with Crippen LogP contribution in [0, 0.1) is 0 Å². The minimum absolute atomic E-state index is 0. The molecule has 0 fully saturated rings. The fourth-order valence-electron chi connectivity index (χ4n) is 0.0781. The van der Waals surface area contributed by atoms with Crippen molar-refractivity contribution in [1.29, 1.82) is 0 Å². The van der Waals surface area contributed by atoms with Gasteiger partial charge in [-0.25, -0.2) is 4.79 Å². The van der Waals surface area contributed by atoms with Crippen LogP contribution in [0.1, 0.15) is 0 Å². The first-order valence-electron chi connectivity index (χ1n) is 1.70. The van der Waals surface area contributed by atoms with E-state index in [1.807, 2.05) is 0 Å². The van der Waals surface area contributed by atoms with Crippen LogP contribution in [-0.2, 0) is 4.79 Å². The van der Waals surface area contributed by atoms with Gasteiger partial charge >= 0.3 is 32.2 Å². The van der Waals surface area contributed by atoms with E-state index in [4.69, 9.17) is 15.3 Å². The van der Waals surface area contributed by atoms with E-state index in [1.165, 1.54) is 0 Å². The van der Waals surface area contributed by atoms with Gasteiger partial charge in [0.15, 0.2) is 6.10 Å². The molecule has 0 aromatic heterocycles. The molecule has 0 aliphatic heterocycles. The zero-order chi connectivity index (χ0) is 5.86. The van der Waals surface area contributed by atoms with Crippen LogP contribution < -0.4 is 0 Å². The second-order valence-electron chi connectivity index (χ2n) is 1.04. The van der Waals surface area contributed by atoms with Crippen molar-refractivity contribution < 1.29 is 20.1 Å². The van der Waals surface area contributed by atoms with Gasteiger partial charge in [0.2, 0.25) is 0 Å². The molecule has 0 aliphatic carbocycles. The number of carboxylic acids is 1. The molecule has 0 radical (unpaired) electrons. The molecule has 3 N–H and O–H groups in total. The summed E-state index contributed by atoms with van der Waals surface area (Å²) in [6, 6.07) is 0. The SMILES string of the molecule is O=C(O)C(O)CO.[BiH3].